The lowest BCUT2D eigenvalue weighted by Crippen LogP contribution is -2.42. The van der Waals surface area contributed by atoms with Crippen LogP contribution in [-0.2, 0) is 9.59 Å². The van der Waals surface area contributed by atoms with E-state index < -0.39 is 0 Å². The molecule has 1 heterocycles. The highest BCUT2D eigenvalue weighted by atomic mass is 16.2. The van der Waals surface area contributed by atoms with Gasteiger partial charge in [0.15, 0.2) is 0 Å². The summed E-state index contributed by atoms with van der Waals surface area (Å²) >= 11 is 0. The number of nitrogens with one attached hydrogen (secondary N) is 1. The SMILES string of the molecule is NCCCCCNN1C(=O)CCC1=O. The maximum Gasteiger partial charge on any atom is 0.244 e. The number of hydrazine groups is 1. The first kappa shape index (κ1) is 11.1. The van der Waals surface area contributed by atoms with Gasteiger partial charge < -0.3 is 5.73 Å². The number of carbonyl (C=O) groups excluding carboxylic acids is 2. The summed E-state index contributed by atoms with van der Waals surface area (Å²) in [4.78, 5) is 22.3. The first-order valence-corrected chi connectivity index (χ1v) is 5.05. The fourth-order valence-corrected chi connectivity index (χ4v) is 1.39. The molecule has 0 aromatic carbocycles. The van der Waals surface area contributed by atoms with E-state index in [0.29, 0.717) is 25.9 Å². The molecule has 0 bridgehead atoms. The first-order valence-electron chi connectivity index (χ1n) is 5.05. The van der Waals surface area contributed by atoms with Gasteiger partial charge in [-0.15, -0.1) is 0 Å². The number of imide groups is 1. The van der Waals surface area contributed by atoms with Gasteiger partial charge in [0.25, 0.3) is 0 Å². The highest BCUT2D eigenvalue weighted by Gasteiger charge is 2.28. The molecule has 1 rings (SSSR count). The summed E-state index contributed by atoms with van der Waals surface area (Å²) in [6, 6.07) is 0. The second kappa shape index (κ2) is 5.72. The summed E-state index contributed by atoms with van der Waals surface area (Å²) < 4.78 is 0. The highest BCUT2D eigenvalue weighted by Crippen LogP contribution is 2.08. The van der Waals surface area contributed by atoms with E-state index in [-0.39, 0.29) is 11.8 Å². The molecule has 1 aliphatic rings. The van der Waals surface area contributed by atoms with Crippen LogP contribution in [0.25, 0.3) is 0 Å². The Morgan fingerprint density at radius 3 is 2.36 bits per heavy atom. The van der Waals surface area contributed by atoms with Crippen LogP contribution in [0.5, 0.6) is 0 Å². The molecule has 0 aromatic heterocycles. The van der Waals surface area contributed by atoms with Crippen molar-refractivity contribution in [1.29, 1.82) is 0 Å². The number of rotatable bonds is 6. The summed E-state index contributed by atoms with van der Waals surface area (Å²) in [5, 5.41) is 1.14. The third-order valence-corrected chi connectivity index (χ3v) is 2.20. The van der Waals surface area contributed by atoms with Crippen LogP contribution in [-0.4, -0.2) is 29.9 Å². The zero-order chi connectivity index (χ0) is 10.4. The van der Waals surface area contributed by atoms with E-state index in [1.54, 1.807) is 0 Å². The number of carbonyl (C=O) groups is 2. The molecule has 3 N–H and O–H groups in total. The van der Waals surface area contributed by atoms with Crippen molar-refractivity contribution in [3.8, 4) is 0 Å². The van der Waals surface area contributed by atoms with Crippen molar-refractivity contribution in [1.82, 2.24) is 10.4 Å². The fourth-order valence-electron chi connectivity index (χ4n) is 1.39. The number of hydrogen-bond acceptors (Lipinski definition) is 4. The third kappa shape index (κ3) is 3.08. The number of nitrogens with zero attached hydrogens (tertiary/aromatic N) is 1. The molecule has 0 radical (unpaired) electrons. The van der Waals surface area contributed by atoms with Crippen molar-refractivity contribution < 1.29 is 9.59 Å². The van der Waals surface area contributed by atoms with E-state index in [9.17, 15) is 9.59 Å². The van der Waals surface area contributed by atoms with E-state index in [1.807, 2.05) is 0 Å². The van der Waals surface area contributed by atoms with Crippen LogP contribution < -0.4 is 11.2 Å². The largest absolute Gasteiger partial charge is 0.330 e. The predicted octanol–water partition coefficient (Wildman–Crippen LogP) is -0.231. The maximum atomic E-state index is 11.1. The number of amides is 2. The Labute approximate surface area is 83.6 Å². The smallest absolute Gasteiger partial charge is 0.244 e. The molecular formula is C9H17N3O2. The molecule has 0 unspecified atom stereocenters. The van der Waals surface area contributed by atoms with Crippen molar-refractivity contribution in [3.63, 3.8) is 0 Å². The molecule has 0 spiro atoms. The third-order valence-electron chi connectivity index (χ3n) is 2.20. The molecule has 0 aromatic rings. The quantitative estimate of drug-likeness (QED) is 0.457. The second-order valence-corrected chi connectivity index (χ2v) is 3.38. The van der Waals surface area contributed by atoms with Crippen molar-refractivity contribution in [2.24, 2.45) is 5.73 Å². The lowest BCUT2D eigenvalue weighted by atomic mass is 10.2. The molecule has 5 nitrogen and oxygen atoms in total. The standard InChI is InChI=1S/C9H17N3O2/c10-6-2-1-3-7-11-12-8(13)4-5-9(12)14/h11H,1-7,10H2. The molecule has 2 amide bonds. The van der Waals surface area contributed by atoms with Crippen LogP contribution in [0.2, 0.25) is 0 Å². The van der Waals surface area contributed by atoms with Gasteiger partial charge >= 0.3 is 0 Å². The van der Waals surface area contributed by atoms with Crippen molar-refractivity contribution in [2.45, 2.75) is 32.1 Å². The Morgan fingerprint density at radius 1 is 1.14 bits per heavy atom. The molecule has 1 fully saturated rings. The summed E-state index contributed by atoms with van der Waals surface area (Å²) in [5.41, 5.74) is 8.17. The second-order valence-electron chi connectivity index (χ2n) is 3.38. The molecule has 80 valence electrons. The van der Waals surface area contributed by atoms with Crippen LogP contribution in [0.1, 0.15) is 32.1 Å². The van der Waals surface area contributed by atoms with Crippen molar-refractivity contribution in [2.75, 3.05) is 13.1 Å². The van der Waals surface area contributed by atoms with Gasteiger partial charge in [-0.25, -0.2) is 10.4 Å². The minimum absolute atomic E-state index is 0.117. The zero-order valence-electron chi connectivity index (χ0n) is 8.29. The molecule has 14 heavy (non-hydrogen) atoms. The first-order chi connectivity index (χ1) is 6.75. The zero-order valence-corrected chi connectivity index (χ0v) is 8.29. The number of nitrogens with two attached hydrogens (primary N) is 1. The molecule has 5 heteroatoms. The minimum Gasteiger partial charge on any atom is -0.330 e. The summed E-state index contributed by atoms with van der Waals surface area (Å²) in [5.74, 6) is -0.234. The Balaban J connectivity index is 2.11. The molecule has 0 aliphatic carbocycles. The summed E-state index contributed by atoms with van der Waals surface area (Å²) in [6.45, 7) is 1.36. The number of unbranched alkanes of at least 4 members (excludes halogenated alkanes) is 2. The van der Waals surface area contributed by atoms with Crippen LogP contribution >= 0.6 is 0 Å². The normalized spacial score (nSPS) is 16.8. The van der Waals surface area contributed by atoms with Crippen LogP contribution in [0, 0.1) is 0 Å². The van der Waals surface area contributed by atoms with Crippen molar-refractivity contribution >= 4 is 11.8 Å². The number of hydrogen-bond donors (Lipinski definition) is 2. The molecule has 0 saturated carbocycles. The van der Waals surface area contributed by atoms with E-state index in [4.69, 9.17) is 5.73 Å². The topological polar surface area (TPSA) is 75.4 Å². The van der Waals surface area contributed by atoms with Crippen molar-refractivity contribution in [3.05, 3.63) is 0 Å². The molecule has 1 aliphatic heterocycles. The van der Waals surface area contributed by atoms with Gasteiger partial charge in [0.1, 0.15) is 0 Å². The lowest BCUT2D eigenvalue weighted by Gasteiger charge is -2.14. The van der Waals surface area contributed by atoms with E-state index in [0.717, 1.165) is 24.3 Å². The Hall–Kier alpha value is -0.940. The summed E-state index contributed by atoms with van der Waals surface area (Å²) in [7, 11) is 0. The monoisotopic (exact) mass is 199 g/mol. The van der Waals surface area contributed by atoms with E-state index in [2.05, 4.69) is 5.43 Å². The Kier molecular flexibility index (Phi) is 4.55. The Bertz CT molecular complexity index is 202. The van der Waals surface area contributed by atoms with Gasteiger partial charge in [0.2, 0.25) is 11.8 Å². The average molecular weight is 199 g/mol. The van der Waals surface area contributed by atoms with Crippen LogP contribution in [0.4, 0.5) is 0 Å². The van der Waals surface area contributed by atoms with Gasteiger partial charge in [-0.3, -0.25) is 9.59 Å². The van der Waals surface area contributed by atoms with Crippen LogP contribution in [0.15, 0.2) is 0 Å². The van der Waals surface area contributed by atoms with Gasteiger partial charge in [0.05, 0.1) is 0 Å². The fraction of sp³-hybridized carbons (Fsp3) is 0.778. The van der Waals surface area contributed by atoms with E-state index >= 15 is 0 Å². The Morgan fingerprint density at radius 2 is 1.79 bits per heavy atom. The highest BCUT2D eigenvalue weighted by molar-refractivity contribution is 6.01. The van der Waals surface area contributed by atoms with Gasteiger partial charge in [-0.2, -0.15) is 0 Å². The van der Waals surface area contributed by atoms with E-state index in [1.165, 1.54) is 0 Å². The van der Waals surface area contributed by atoms with Crippen LogP contribution in [0.3, 0.4) is 0 Å². The molecule has 1 saturated heterocycles. The van der Waals surface area contributed by atoms with Gasteiger partial charge in [-0.05, 0) is 19.4 Å². The molecule has 0 atom stereocenters. The van der Waals surface area contributed by atoms with Gasteiger partial charge in [-0.1, -0.05) is 6.42 Å². The lowest BCUT2D eigenvalue weighted by molar-refractivity contribution is -0.142. The predicted molar refractivity (Wildman–Crippen MR) is 52.0 cm³/mol. The minimum atomic E-state index is -0.117. The van der Waals surface area contributed by atoms with Gasteiger partial charge in [0, 0.05) is 19.4 Å². The molecular weight excluding hydrogens is 182 g/mol. The average Bonchev–Trinajstić information content (AvgIpc) is 2.48. The summed E-state index contributed by atoms with van der Waals surface area (Å²) in [6.07, 6.45) is 3.64. The maximum absolute atomic E-state index is 11.1.